The van der Waals surface area contributed by atoms with Crippen LogP contribution in [0.25, 0.3) is 0 Å². The topological polar surface area (TPSA) is 50.9 Å². The molecule has 0 unspecified atom stereocenters. The second-order valence-electron chi connectivity index (χ2n) is 3.90. The molecule has 2 aromatic rings. The van der Waals surface area contributed by atoms with Gasteiger partial charge in [-0.25, -0.2) is 4.98 Å². The molecule has 0 radical (unpaired) electrons. The first kappa shape index (κ1) is 14.7. The van der Waals surface area contributed by atoms with Gasteiger partial charge in [0.25, 0.3) is 0 Å². The zero-order chi connectivity index (χ0) is 14.8. The van der Waals surface area contributed by atoms with Crippen LogP contribution >= 0.6 is 23.6 Å². The van der Waals surface area contributed by atoms with Crippen LogP contribution in [0.4, 0.5) is 18.9 Å². The Hall–Kier alpha value is -1.67. The molecule has 106 valence electrons. The van der Waals surface area contributed by atoms with Gasteiger partial charge in [0, 0.05) is 22.8 Å². The van der Waals surface area contributed by atoms with Crippen molar-refractivity contribution in [3.8, 4) is 0 Å². The Balaban J connectivity index is 2.25. The van der Waals surface area contributed by atoms with Crippen LogP contribution in [-0.2, 0) is 12.7 Å². The van der Waals surface area contributed by atoms with Crippen LogP contribution < -0.4 is 11.1 Å². The second kappa shape index (κ2) is 5.76. The molecule has 0 atom stereocenters. The maximum absolute atomic E-state index is 12.9. The summed E-state index contributed by atoms with van der Waals surface area (Å²) in [7, 11) is 0. The highest BCUT2D eigenvalue weighted by Crippen LogP contribution is 2.34. The van der Waals surface area contributed by atoms with E-state index >= 15 is 0 Å². The van der Waals surface area contributed by atoms with Gasteiger partial charge in [0.1, 0.15) is 10.00 Å². The minimum absolute atomic E-state index is 0.174. The fourth-order valence-electron chi connectivity index (χ4n) is 1.62. The molecule has 1 heterocycles. The van der Waals surface area contributed by atoms with Gasteiger partial charge in [-0.2, -0.15) is 13.2 Å². The number of benzene rings is 1. The zero-order valence-corrected chi connectivity index (χ0v) is 11.7. The van der Waals surface area contributed by atoms with Gasteiger partial charge in [-0.1, -0.05) is 12.2 Å². The van der Waals surface area contributed by atoms with E-state index < -0.39 is 11.7 Å². The molecule has 1 aromatic heterocycles. The Kier molecular flexibility index (Phi) is 4.24. The number of alkyl halides is 3. The van der Waals surface area contributed by atoms with E-state index in [-0.39, 0.29) is 10.6 Å². The number of nitrogens with one attached hydrogen (secondary N) is 1. The van der Waals surface area contributed by atoms with Crippen LogP contribution in [0.1, 0.15) is 16.1 Å². The third kappa shape index (κ3) is 3.45. The average Bonchev–Trinajstić information content (AvgIpc) is 2.88. The van der Waals surface area contributed by atoms with Gasteiger partial charge in [0.2, 0.25) is 0 Å². The number of anilines is 1. The van der Waals surface area contributed by atoms with Crippen molar-refractivity contribution in [2.24, 2.45) is 5.73 Å². The van der Waals surface area contributed by atoms with Gasteiger partial charge in [-0.3, -0.25) is 0 Å². The number of hydrogen-bond acceptors (Lipinski definition) is 4. The maximum Gasteiger partial charge on any atom is 0.417 e. The van der Waals surface area contributed by atoms with Crippen LogP contribution in [0.2, 0.25) is 0 Å². The van der Waals surface area contributed by atoms with E-state index in [1.807, 2.05) is 0 Å². The minimum atomic E-state index is -4.50. The van der Waals surface area contributed by atoms with E-state index in [1.165, 1.54) is 23.5 Å². The summed E-state index contributed by atoms with van der Waals surface area (Å²) >= 11 is 6.06. The number of rotatable bonds is 4. The lowest BCUT2D eigenvalue weighted by molar-refractivity contribution is -0.137. The zero-order valence-electron chi connectivity index (χ0n) is 10.1. The van der Waals surface area contributed by atoms with Gasteiger partial charge in [-0.05, 0) is 18.2 Å². The Morgan fingerprint density at radius 1 is 1.40 bits per heavy atom. The molecule has 1 aromatic carbocycles. The molecule has 3 N–H and O–H groups in total. The fourth-order valence-corrected chi connectivity index (χ4v) is 2.36. The first-order valence-electron chi connectivity index (χ1n) is 5.51. The molecule has 0 aliphatic rings. The first-order valence-corrected chi connectivity index (χ1v) is 6.80. The van der Waals surface area contributed by atoms with Crippen molar-refractivity contribution in [3.05, 3.63) is 45.9 Å². The smallest absolute Gasteiger partial charge is 0.389 e. The Bertz CT molecular complexity index is 609. The monoisotopic (exact) mass is 317 g/mol. The third-order valence-electron chi connectivity index (χ3n) is 2.52. The third-order valence-corrected chi connectivity index (χ3v) is 3.52. The van der Waals surface area contributed by atoms with E-state index in [4.69, 9.17) is 5.73 Å². The van der Waals surface area contributed by atoms with Crippen LogP contribution in [-0.4, -0.2) is 9.97 Å². The maximum atomic E-state index is 12.9. The second-order valence-corrected chi connectivity index (χ2v) is 5.32. The van der Waals surface area contributed by atoms with Crippen molar-refractivity contribution < 1.29 is 13.2 Å². The van der Waals surface area contributed by atoms with Crippen LogP contribution in [0.5, 0.6) is 0 Å². The summed E-state index contributed by atoms with van der Waals surface area (Å²) in [5.74, 6) is 0. The molecule has 0 aliphatic heterocycles. The lowest BCUT2D eigenvalue weighted by Gasteiger charge is -2.14. The molecule has 0 saturated heterocycles. The molecule has 0 saturated carbocycles. The normalized spacial score (nSPS) is 11.3. The van der Waals surface area contributed by atoms with E-state index in [0.717, 1.165) is 11.1 Å². The van der Waals surface area contributed by atoms with Gasteiger partial charge >= 0.3 is 6.18 Å². The van der Waals surface area contributed by atoms with Gasteiger partial charge in [-0.15, -0.1) is 11.3 Å². The molecule has 2 rings (SSSR count). The number of aromatic nitrogens is 1. The summed E-state index contributed by atoms with van der Waals surface area (Å²) in [4.78, 5) is 3.77. The predicted molar refractivity (Wildman–Crippen MR) is 76.8 cm³/mol. The standard InChI is InChI=1S/C12H10F3N3S2/c13-12(14,15)9-5-7(1-2-8(9)11(16)19)18-6-10-17-3-4-20-10/h1-5,18H,6H2,(H2,16,19). The molecule has 0 spiro atoms. The van der Waals surface area contributed by atoms with Gasteiger partial charge in [0.05, 0.1) is 12.1 Å². The highest BCUT2D eigenvalue weighted by atomic mass is 32.1. The van der Waals surface area contributed by atoms with Crippen LogP contribution in [0.3, 0.4) is 0 Å². The highest BCUT2D eigenvalue weighted by molar-refractivity contribution is 7.80. The number of thiocarbonyl (C=S) groups is 1. The lowest BCUT2D eigenvalue weighted by atomic mass is 10.1. The molecule has 0 bridgehead atoms. The summed E-state index contributed by atoms with van der Waals surface area (Å²) in [5.41, 5.74) is 4.64. The molecular weight excluding hydrogens is 307 g/mol. The largest absolute Gasteiger partial charge is 0.417 e. The number of nitrogens with two attached hydrogens (primary N) is 1. The fraction of sp³-hybridized carbons (Fsp3) is 0.167. The van der Waals surface area contributed by atoms with Crippen molar-refractivity contribution >= 4 is 34.2 Å². The van der Waals surface area contributed by atoms with Crippen molar-refractivity contribution in [3.63, 3.8) is 0 Å². The summed E-state index contributed by atoms with van der Waals surface area (Å²) in [6.07, 6.45) is -2.86. The number of thiazole rings is 1. The highest BCUT2D eigenvalue weighted by Gasteiger charge is 2.34. The predicted octanol–water partition coefficient (Wildman–Crippen LogP) is 3.41. The molecule has 0 aliphatic carbocycles. The van der Waals surface area contributed by atoms with E-state index in [0.29, 0.717) is 12.2 Å². The van der Waals surface area contributed by atoms with Crippen LogP contribution in [0, 0.1) is 0 Å². The van der Waals surface area contributed by atoms with Crippen molar-refractivity contribution in [2.75, 3.05) is 5.32 Å². The van der Waals surface area contributed by atoms with Gasteiger partial charge in [0.15, 0.2) is 0 Å². The quantitative estimate of drug-likeness (QED) is 0.849. The minimum Gasteiger partial charge on any atom is -0.389 e. The lowest BCUT2D eigenvalue weighted by Crippen LogP contribution is -2.18. The number of nitrogens with zero attached hydrogens (tertiary/aromatic N) is 1. The summed E-state index contributed by atoms with van der Waals surface area (Å²) in [6, 6.07) is 3.79. The van der Waals surface area contributed by atoms with Gasteiger partial charge < -0.3 is 11.1 Å². The molecular formula is C12H10F3N3S2. The Labute approximate surface area is 122 Å². The van der Waals surface area contributed by atoms with E-state index in [9.17, 15) is 13.2 Å². The van der Waals surface area contributed by atoms with Crippen molar-refractivity contribution in [1.29, 1.82) is 0 Å². The van der Waals surface area contributed by atoms with Crippen LogP contribution in [0.15, 0.2) is 29.8 Å². The first-order chi connectivity index (χ1) is 9.38. The number of halogens is 3. The summed E-state index contributed by atoms with van der Waals surface area (Å²) in [6.45, 7) is 0.362. The molecule has 8 heteroatoms. The van der Waals surface area contributed by atoms with E-state index in [2.05, 4.69) is 22.5 Å². The van der Waals surface area contributed by atoms with E-state index in [1.54, 1.807) is 11.6 Å². The summed E-state index contributed by atoms with van der Waals surface area (Å²) < 4.78 is 38.8. The SMILES string of the molecule is NC(=S)c1ccc(NCc2nccs2)cc1C(F)(F)F. The summed E-state index contributed by atoms with van der Waals surface area (Å²) in [5, 5.41) is 5.48. The molecule has 3 nitrogen and oxygen atoms in total. The molecule has 0 fully saturated rings. The number of hydrogen-bond donors (Lipinski definition) is 2. The van der Waals surface area contributed by atoms with Crippen molar-refractivity contribution in [2.45, 2.75) is 12.7 Å². The van der Waals surface area contributed by atoms with Crippen molar-refractivity contribution in [1.82, 2.24) is 4.98 Å². The Morgan fingerprint density at radius 2 is 2.15 bits per heavy atom. The Morgan fingerprint density at radius 3 is 2.70 bits per heavy atom. The molecule has 20 heavy (non-hydrogen) atoms. The average molecular weight is 317 g/mol. The molecule has 0 amide bonds.